The van der Waals surface area contributed by atoms with Gasteiger partial charge in [0.2, 0.25) is 0 Å². The van der Waals surface area contributed by atoms with Gasteiger partial charge in [0.1, 0.15) is 0 Å². The number of nitrogens with zero attached hydrogens (tertiary/aromatic N) is 1. The maximum atomic E-state index is 3.15. The zero-order valence-corrected chi connectivity index (χ0v) is 12.0. The molecule has 0 heterocycles. The molecule has 3 rings (SSSR count). The van der Waals surface area contributed by atoms with E-state index in [4.69, 9.17) is 0 Å². The van der Waals surface area contributed by atoms with Crippen LogP contribution in [-0.2, 0) is 0 Å². The summed E-state index contributed by atoms with van der Waals surface area (Å²) in [4.78, 5) is 2.25. The van der Waals surface area contributed by atoms with Crippen LogP contribution in [-0.4, -0.2) is 7.05 Å². The molecule has 0 bridgehead atoms. The Hall–Kier alpha value is -2.74. The number of hydrogen-bond acceptors (Lipinski definition) is 2. The van der Waals surface area contributed by atoms with Gasteiger partial charge in [0, 0.05) is 29.8 Å². The predicted molar refractivity (Wildman–Crippen MR) is 90.7 cm³/mol. The monoisotopic (exact) mass is 274 g/mol. The number of nitrogens with one attached hydrogen (secondary N) is 1. The first-order valence-electron chi connectivity index (χ1n) is 7.06. The van der Waals surface area contributed by atoms with Gasteiger partial charge in [0.15, 0.2) is 0 Å². The highest BCUT2D eigenvalue weighted by Gasteiger charge is 2.11. The highest BCUT2D eigenvalue weighted by atomic mass is 15.1. The Morgan fingerprint density at radius 2 is 1.00 bits per heavy atom. The van der Waals surface area contributed by atoms with E-state index < -0.39 is 0 Å². The lowest BCUT2D eigenvalue weighted by molar-refractivity contribution is 1.28. The van der Waals surface area contributed by atoms with Gasteiger partial charge < -0.3 is 10.2 Å². The fourth-order valence-electron chi connectivity index (χ4n) is 2.38. The standard InChI is InChI=1S/C19H18N2/c1-20-16-12-14-19(15-13-16)21(17-8-4-2-5-9-17)18-10-6-3-7-11-18/h2-15,20H,1H3. The second-order valence-corrected chi connectivity index (χ2v) is 4.80. The van der Waals surface area contributed by atoms with E-state index in [-0.39, 0.29) is 0 Å². The van der Waals surface area contributed by atoms with E-state index in [0.29, 0.717) is 0 Å². The van der Waals surface area contributed by atoms with E-state index in [9.17, 15) is 0 Å². The number of hydrogen-bond donors (Lipinski definition) is 1. The zero-order valence-electron chi connectivity index (χ0n) is 12.0. The van der Waals surface area contributed by atoms with E-state index in [0.717, 1.165) is 22.7 Å². The van der Waals surface area contributed by atoms with Gasteiger partial charge in [-0.1, -0.05) is 36.4 Å². The van der Waals surface area contributed by atoms with Crippen molar-refractivity contribution in [2.24, 2.45) is 0 Å². The van der Waals surface area contributed by atoms with Gasteiger partial charge in [-0.2, -0.15) is 0 Å². The minimum Gasteiger partial charge on any atom is -0.388 e. The number of anilines is 4. The van der Waals surface area contributed by atoms with Gasteiger partial charge in [-0.3, -0.25) is 0 Å². The molecule has 3 aromatic carbocycles. The topological polar surface area (TPSA) is 15.3 Å². The largest absolute Gasteiger partial charge is 0.388 e. The van der Waals surface area contributed by atoms with Crippen molar-refractivity contribution in [3.8, 4) is 0 Å². The van der Waals surface area contributed by atoms with Gasteiger partial charge in [-0.05, 0) is 48.5 Å². The van der Waals surface area contributed by atoms with Crippen molar-refractivity contribution in [2.75, 3.05) is 17.3 Å². The minimum absolute atomic E-state index is 1.11. The third-order valence-electron chi connectivity index (χ3n) is 3.44. The van der Waals surface area contributed by atoms with Crippen LogP contribution in [0.2, 0.25) is 0 Å². The van der Waals surface area contributed by atoms with Crippen LogP contribution in [0.15, 0.2) is 84.9 Å². The summed E-state index contributed by atoms with van der Waals surface area (Å²) < 4.78 is 0. The quantitative estimate of drug-likeness (QED) is 0.703. The Morgan fingerprint density at radius 1 is 0.571 bits per heavy atom. The van der Waals surface area contributed by atoms with Crippen LogP contribution in [0.4, 0.5) is 22.7 Å². The number of benzene rings is 3. The molecule has 0 saturated carbocycles. The van der Waals surface area contributed by atoms with Crippen LogP contribution >= 0.6 is 0 Å². The lowest BCUT2D eigenvalue weighted by Crippen LogP contribution is -2.09. The van der Waals surface area contributed by atoms with Crippen molar-refractivity contribution < 1.29 is 0 Å². The van der Waals surface area contributed by atoms with Crippen molar-refractivity contribution in [1.82, 2.24) is 0 Å². The molecule has 0 aliphatic heterocycles. The van der Waals surface area contributed by atoms with Gasteiger partial charge in [0.25, 0.3) is 0 Å². The van der Waals surface area contributed by atoms with Gasteiger partial charge in [-0.25, -0.2) is 0 Å². The first-order valence-corrected chi connectivity index (χ1v) is 7.06. The Balaban J connectivity index is 2.07. The molecule has 0 fully saturated rings. The van der Waals surface area contributed by atoms with E-state index in [1.807, 2.05) is 19.2 Å². The molecule has 2 nitrogen and oxygen atoms in total. The van der Waals surface area contributed by atoms with Crippen LogP contribution in [0.3, 0.4) is 0 Å². The molecule has 2 heteroatoms. The summed E-state index contributed by atoms with van der Waals surface area (Å²) in [5.74, 6) is 0. The molecule has 0 spiro atoms. The molecule has 3 aromatic rings. The summed E-state index contributed by atoms with van der Waals surface area (Å²) in [7, 11) is 1.93. The van der Waals surface area contributed by atoms with E-state index in [1.54, 1.807) is 0 Å². The molecule has 0 aliphatic rings. The molecular formula is C19H18N2. The van der Waals surface area contributed by atoms with E-state index in [2.05, 4.69) is 83.0 Å². The third kappa shape index (κ3) is 2.90. The van der Waals surface area contributed by atoms with Crippen molar-refractivity contribution >= 4 is 22.7 Å². The summed E-state index contributed by atoms with van der Waals surface area (Å²) in [5, 5.41) is 3.15. The second-order valence-electron chi connectivity index (χ2n) is 4.80. The molecule has 0 radical (unpaired) electrons. The molecule has 0 aromatic heterocycles. The van der Waals surface area contributed by atoms with Gasteiger partial charge in [-0.15, -0.1) is 0 Å². The Kier molecular flexibility index (Phi) is 3.88. The minimum atomic E-state index is 1.11. The molecular weight excluding hydrogens is 256 g/mol. The molecule has 0 unspecified atom stereocenters. The van der Waals surface area contributed by atoms with Crippen molar-refractivity contribution in [3.63, 3.8) is 0 Å². The van der Waals surface area contributed by atoms with Crippen LogP contribution in [0.25, 0.3) is 0 Å². The SMILES string of the molecule is CNc1ccc(N(c2ccccc2)c2ccccc2)cc1. The average molecular weight is 274 g/mol. The van der Waals surface area contributed by atoms with Crippen molar-refractivity contribution in [1.29, 1.82) is 0 Å². The van der Waals surface area contributed by atoms with Gasteiger partial charge >= 0.3 is 0 Å². The molecule has 0 aliphatic carbocycles. The number of para-hydroxylation sites is 2. The maximum Gasteiger partial charge on any atom is 0.0463 e. The Bertz CT molecular complexity index is 636. The average Bonchev–Trinajstić information content (AvgIpc) is 2.58. The summed E-state index contributed by atoms with van der Waals surface area (Å²) in [5.41, 5.74) is 4.56. The second kappa shape index (κ2) is 6.14. The van der Waals surface area contributed by atoms with Crippen molar-refractivity contribution in [3.05, 3.63) is 84.9 Å². The van der Waals surface area contributed by atoms with Crippen LogP contribution in [0.1, 0.15) is 0 Å². The normalized spacial score (nSPS) is 10.1. The summed E-state index contributed by atoms with van der Waals surface area (Å²) in [6.07, 6.45) is 0. The molecule has 1 N–H and O–H groups in total. The summed E-state index contributed by atoms with van der Waals surface area (Å²) in [6.45, 7) is 0. The Morgan fingerprint density at radius 3 is 1.43 bits per heavy atom. The molecule has 104 valence electrons. The lowest BCUT2D eigenvalue weighted by Gasteiger charge is -2.25. The molecule has 0 saturated heterocycles. The predicted octanol–water partition coefficient (Wildman–Crippen LogP) is 5.20. The molecule has 0 atom stereocenters. The Labute approximate surface area is 125 Å². The van der Waals surface area contributed by atoms with Crippen molar-refractivity contribution in [2.45, 2.75) is 0 Å². The summed E-state index contributed by atoms with van der Waals surface area (Å²) >= 11 is 0. The zero-order chi connectivity index (χ0) is 14.5. The van der Waals surface area contributed by atoms with E-state index >= 15 is 0 Å². The smallest absolute Gasteiger partial charge is 0.0463 e. The first kappa shape index (κ1) is 13.3. The summed E-state index contributed by atoms with van der Waals surface area (Å²) in [6, 6.07) is 29.3. The molecule has 21 heavy (non-hydrogen) atoms. The molecule has 0 amide bonds. The fourth-order valence-corrected chi connectivity index (χ4v) is 2.38. The lowest BCUT2D eigenvalue weighted by atomic mass is 10.2. The number of rotatable bonds is 4. The van der Waals surface area contributed by atoms with E-state index in [1.165, 1.54) is 0 Å². The third-order valence-corrected chi connectivity index (χ3v) is 3.44. The van der Waals surface area contributed by atoms with Crippen LogP contribution in [0, 0.1) is 0 Å². The first-order chi connectivity index (χ1) is 10.4. The maximum absolute atomic E-state index is 3.15. The fraction of sp³-hybridized carbons (Fsp3) is 0.0526. The van der Waals surface area contributed by atoms with Crippen LogP contribution in [0.5, 0.6) is 0 Å². The van der Waals surface area contributed by atoms with Crippen LogP contribution < -0.4 is 10.2 Å². The van der Waals surface area contributed by atoms with Gasteiger partial charge in [0.05, 0.1) is 0 Å². The highest BCUT2D eigenvalue weighted by molar-refractivity contribution is 5.77. The highest BCUT2D eigenvalue weighted by Crippen LogP contribution is 2.34.